The van der Waals surface area contributed by atoms with Crippen LogP contribution in [0.5, 0.6) is 0 Å². The molecule has 0 radical (unpaired) electrons. The number of amides is 2. The van der Waals surface area contributed by atoms with Crippen LogP contribution in [0.25, 0.3) is 0 Å². The highest BCUT2D eigenvalue weighted by molar-refractivity contribution is 5.74. The molecule has 23 heavy (non-hydrogen) atoms. The van der Waals surface area contributed by atoms with Crippen LogP contribution in [0, 0.1) is 0 Å². The molecule has 1 aromatic rings. The standard InChI is InChI=1S/C16H23F3N2O2/c1-11(20-14(22)21(4)10-15(2,3)23)9-12-5-7-13(8-6-12)16(17,18)19/h5-8,11,23H,9-10H2,1-4H3,(H,20,22)/t11-/m0/s1. The summed E-state index contributed by atoms with van der Waals surface area (Å²) in [5.74, 6) is 0. The van der Waals surface area contributed by atoms with Gasteiger partial charge in [0.1, 0.15) is 0 Å². The van der Waals surface area contributed by atoms with Gasteiger partial charge in [0.25, 0.3) is 0 Å². The molecule has 7 heteroatoms. The molecule has 0 bridgehead atoms. The first kappa shape index (κ1) is 19.3. The lowest BCUT2D eigenvalue weighted by Crippen LogP contribution is -2.47. The maximum Gasteiger partial charge on any atom is 0.416 e. The third-order valence-corrected chi connectivity index (χ3v) is 3.16. The van der Waals surface area contributed by atoms with E-state index in [4.69, 9.17) is 0 Å². The number of halogens is 3. The number of carbonyl (C=O) groups excluding carboxylic acids is 1. The minimum atomic E-state index is -4.35. The zero-order chi connectivity index (χ0) is 17.8. The molecular formula is C16H23F3N2O2. The molecule has 0 aliphatic heterocycles. The molecule has 0 aliphatic carbocycles. The summed E-state index contributed by atoms with van der Waals surface area (Å²) in [6, 6.07) is 4.29. The lowest BCUT2D eigenvalue weighted by atomic mass is 10.0. The molecule has 0 heterocycles. The number of hydrogen-bond acceptors (Lipinski definition) is 2. The Bertz CT molecular complexity index is 522. The Morgan fingerprint density at radius 1 is 1.26 bits per heavy atom. The molecule has 1 atom stereocenters. The molecule has 0 saturated heterocycles. The fraction of sp³-hybridized carbons (Fsp3) is 0.562. The van der Waals surface area contributed by atoms with E-state index in [0.717, 1.165) is 12.1 Å². The van der Waals surface area contributed by atoms with Crippen molar-refractivity contribution in [3.05, 3.63) is 35.4 Å². The highest BCUT2D eigenvalue weighted by Gasteiger charge is 2.30. The van der Waals surface area contributed by atoms with Gasteiger partial charge in [-0.05, 0) is 44.9 Å². The van der Waals surface area contributed by atoms with Crippen LogP contribution in [0.2, 0.25) is 0 Å². The second-order valence-electron chi connectivity index (χ2n) is 6.42. The zero-order valence-electron chi connectivity index (χ0n) is 13.7. The first-order chi connectivity index (χ1) is 10.4. The Morgan fingerprint density at radius 2 is 1.78 bits per heavy atom. The first-order valence-electron chi connectivity index (χ1n) is 7.28. The monoisotopic (exact) mass is 332 g/mol. The maximum atomic E-state index is 12.5. The Kier molecular flexibility index (Phi) is 6.04. The van der Waals surface area contributed by atoms with Gasteiger partial charge >= 0.3 is 12.2 Å². The number of carbonyl (C=O) groups is 1. The van der Waals surface area contributed by atoms with Crippen LogP contribution >= 0.6 is 0 Å². The normalized spacial score (nSPS) is 13.6. The number of rotatable bonds is 5. The van der Waals surface area contributed by atoms with E-state index in [1.807, 2.05) is 0 Å². The number of alkyl halides is 3. The molecule has 0 saturated carbocycles. The van der Waals surface area contributed by atoms with Crippen LogP contribution in [-0.2, 0) is 12.6 Å². The van der Waals surface area contributed by atoms with Crippen molar-refractivity contribution in [1.82, 2.24) is 10.2 Å². The molecule has 1 rings (SSSR count). The van der Waals surface area contributed by atoms with E-state index in [0.29, 0.717) is 12.0 Å². The minimum absolute atomic E-state index is 0.172. The van der Waals surface area contributed by atoms with Crippen LogP contribution in [-0.4, -0.2) is 41.3 Å². The van der Waals surface area contributed by atoms with Crippen molar-refractivity contribution in [3.8, 4) is 0 Å². The molecule has 0 aliphatic rings. The quantitative estimate of drug-likeness (QED) is 0.871. The van der Waals surface area contributed by atoms with Crippen LogP contribution in [0.1, 0.15) is 31.9 Å². The van der Waals surface area contributed by atoms with E-state index in [2.05, 4.69) is 5.32 Å². The van der Waals surface area contributed by atoms with E-state index >= 15 is 0 Å². The first-order valence-corrected chi connectivity index (χ1v) is 7.28. The van der Waals surface area contributed by atoms with E-state index in [1.165, 1.54) is 17.0 Å². The van der Waals surface area contributed by atoms with Gasteiger partial charge in [0.2, 0.25) is 0 Å². The second kappa shape index (κ2) is 7.21. The largest absolute Gasteiger partial charge is 0.416 e. The summed E-state index contributed by atoms with van der Waals surface area (Å²) < 4.78 is 37.5. The molecule has 130 valence electrons. The summed E-state index contributed by atoms with van der Waals surface area (Å²) in [4.78, 5) is 13.3. The van der Waals surface area contributed by atoms with Crippen LogP contribution in [0.4, 0.5) is 18.0 Å². The number of urea groups is 1. The van der Waals surface area contributed by atoms with Crippen molar-refractivity contribution in [2.45, 2.75) is 45.0 Å². The average Bonchev–Trinajstić information content (AvgIpc) is 2.35. The van der Waals surface area contributed by atoms with Crippen molar-refractivity contribution in [2.75, 3.05) is 13.6 Å². The Labute approximate surface area is 134 Å². The van der Waals surface area contributed by atoms with Crippen molar-refractivity contribution in [1.29, 1.82) is 0 Å². The van der Waals surface area contributed by atoms with E-state index in [1.54, 1.807) is 27.8 Å². The third-order valence-electron chi connectivity index (χ3n) is 3.16. The minimum Gasteiger partial charge on any atom is -0.389 e. The number of nitrogens with one attached hydrogen (secondary N) is 1. The second-order valence-corrected chi connectivity index (χ2v) is 6.42. The number of aliphatic hydroxyl groups is 1. The van der Waals surface area contributed by atoms with E-state index in [-0.39, 0.29) is 18.6 Å². The van der Waals surface area contributed by atoms with Gasteiger partial charge in [0.15, 0.2) is 0 Å². The summed E-state index contributed by atoms with van der Waals surface area (Å²) in [6.07, 6.45) is -3.93. The SMILES string of the molecule is C[C@@H](Cc1ccc(C(F)(F)F)cc1)NC(=O)N(C)CC(C)(C)O. The molecule has 0 unspecified atom stereocenters. The lowest BCUT2D eigenvalue weighted by Gasteiger charge is -2.27. The van der Waals surface area contributed by atoms with Gasteiger partial charge in [-0.2, -0.15) is 13.2 Å². The van der Waals surface area contributed by atoms with Gasteiger partial charge in [-0.1, -0.05) is 12.1 Å². The summed E-state index contributed by atoms with van der Waals surface area (Å²) in [5.41, 5.74) is -0.984. The highest BCUT2D eigenvalue weighted by Crippen LogP contribution is 2.29. The predicted molar refractivity (Wildman–Crippen MR) is 82.1 cm³/mol. The topological polar surface area (TPSA) is 52.6 Å². The summed E-state index contributed by atoms with van der Waals surface area (Å²) in [7, 11) is 1.57. The molecular weight excluding hydrogens is 309 g/mol. The number of nitrogens with zero attached hydrogens (tertiary/aromatic N) is 1. The Hall–Kier alpha value is -1.76. The predicted octanol–water partition coefficient (Wildman–Crippen LogP) is 3.05. The van der Waals surface area contributed by atoms with Gasteiger partial charge in [-0.25, -0.2) is 4.79 Å². The highest BCUT2D eigenvalue weighted by atomic mass is 19.4. The average molecular weight is 332 g/mol. The van der Waals surface area contributed by atoms with Gasteiger partial charge < -0.3 is 15.3 Å². The summed E-state index contributed by atoms with van der Waals surface area (Å²) >= 11 is 0. The third kappa shape index (κ3) is 6.90. The summed E-state index contributed by atoms with van der Waals surface area (Å²) in [5, 5.41) is 12.4. The fourth-order valence-electron chi connectivity index (χ4n) is 2.21. The van der Waals surface area contributed by atoms with Crippen LogP contribution < -0.4 is 5.32 Å². The molecule has 4 nitrogen and oxygen atoms in total. The van der Waals surface area contributed by atoms with E-state index < -0.39 is 17.3 Å². The Morgan fingerprint density at radius 3 is 2.22 bits per heavy atom. The smallest absolute Gasteiger partial charge is 0.389 e. The van der Waals surface area contributed by atoms with Crippen LogP contribution in [0.15, 0.2) is 24.3 Å². The van der Waals surface area contributed by atoms with Gasteiger partial charge in [-0.3, -0.25) is 0 Å². The number of hydrogen-bond donors (Lipinski definition) is 2. The summed E-state index contributed by atoms with van der Waals surface area (Å²) in [6.45, 7) is 5.14. The van der Waals surface area contributed by atoms with Crippen molar-refractivity contribution in [3.63, 3.8) is 0 Å². The lowest BCUT2D eigenvalue weighted by molar-refractivity contribution is -0.137. The molecule has 0 fully saturated rings. The molecule has 0 aromatic heterocycles. The van der Waals surface area contributed by atoms with Gasteiger partial charge in [-0.15, -0.1) is 0 Å². The van der Waals surface area contributed by atoms with Gasteiger partial charge in [0.05, 0.1) is 17.7 Å². The van der Waals surface area contributed by atoms with E-state index in [9.17, 15) is 23.1 Å². The fourth-order valence-corrected chi connectivity index (χ4v) is 2.21. The number of benzene rings is 1. The van der Waals surface area contributed by atoms with Crippen molar-refractivity contribution in [2.24, 2.45) is 0 Å². The van der Waals surface area contributed by atoms with Gasteiger partial charge in [0, 0.05) is 13.1 Å². The molecule has 1 aromatic carbocycles. The molecule has 2 N–H and O–H groups in total. The molecule has 0 spiro atoms. The van der Waals surface area contributed by atoms with Crippen LogP contribution in [0.3, 0.4) is 0 Å². The van der Waals surface area contributed by atoms with Crippen molar-refractivity contribution >= 4 is 6.03 Å². The van der Waals surface area contributed by atoms with Crippen molar-refractivity contribution < 1.29 is 23.1 Å². The number of likely N-dealkylation sites (N-methyl/N-ethyl adjacent to an activating group) is 1. The maximum absolute atomic E-state index is 12.5. The molecule has 2 amide bonds. The Balaban J connectivity index is 2.56. The zero-order valence-corrected chi connectivity index (χ0v) is 13.7.